The van der Waals surface area contributed by atoms with Crippen molar-refractivity contribution in [2.24, 2.45) is 5.92 Å². The van der Waals surface area contributed by atoms with Gasteiger partial charge in [-0.3, -0.25) is 0 Å². The lowest BCUT2D eigenvalue weighted by Gasteiger charge is -2.19. The van der Waals surface area contributed by atoms with Crippen LogP contribution in [0.15, 0.2) is 18.2 Å². The highest BCUT2D eigenvalue weighted by Crippen LogP contribution is 2.17. The molecule has 0 radical (unpaired) electrons. The molecule has 0 aliphatic rings. The Kier molecular flexibility index (Phi) is 4.92. The van der Waals surface area contributed by atoms with Gasteiger partial charge in [-0.15, -0.1) is 0 Å². The van der Waals surface area contributed by atoms with Crippen molar-refractivity contribution in [3.8, 4) is 0 Å². The number of urea groups is 1. The van der Waals surface area contributed by atoms with E-state index in [0.29, 0.717) is 5.69 Å². The van der Waals surface area contributed by atoms with Gasteiger partial charge in [-0.2, -0.15) is 0 Å². The van der Waals surface area contributed by atoms with E-state index in [1.54, 1.807) is 19.9 Å². The highest BCUT2D eigenvalue weighted by molar-refractivity contribution is 5.93. The van der Waals surface area contributed by atoms with E-state index >= 15 is 0 Å². The number of nitrogens with one attached hydrogen (secondary N) is 2. The largest absolute Gasteiger partial charge is 0.480 e. The number of benzene rings is 1. The summed E-state index contributed by atoms with van der Waals surface area (Å²) in [5.41, 5.74) is 2.72. The molecule has 0 aromatic heterocycles. The lowest BCUT2D eigenvalue weighted by atomic mass is 10.1. The summed E-state index contributed by atoms with van der Waals surface area (Å²) in [5, 5.41) is 14.2. The molecule has 19 heavy (non-hydrogen) atoms. The summed E-state index contributed by atoms with van der Waals surface area (Å²) < 4.78 is 0. The third-order valence-electron chi connectivity index (χ3n) is 3.07. The number of carbonyl (C=O) groups excluding carboxylic acids is 1. The molecule has 5 heteroatoms. The van der Waals surface area contributed by atoms with Gasteiger partial charge in [-0.1, -0.05) is 26.0 Å². The number of anilines is 1. The summed E-state index contributed by atoms with van der Waals surface area (Å²) in [6.45, 7) is 7.35. The first-order valence-corrected chi connectivity index (χ1v) is 6.19. The topological polar surface area (TPSA) is 78.4 Å². The predicted octanol–water partition coefficient (Wildman–Crippen LogP) is 2.53. The number of amides is 2. The Bertz CT molecular complexity index is 484. The van der Waals surface area contributed by atoms with Crippen molar-refractivity contribution in [2.75, 3.05) is 5.32 Å². The standard InChI is InChI=1S/C14H20N2O3/c1-8(2)12(13(17)18)16-14(19)15-11-7-5-6-9(3)10(11)4/h5-8,12H,1-4H3,(H,17,18)(H2,15,16,19)/t12-/m0/s1. The van der Waals surface area contributed by atoms with Crippen LogP contribution in [0.4, 0.5) is 10.5 Å². The minimum absolute atomic E-state index is 0.179. The van der Waals surface area contributed by atoms with Gasteiger partial charge in [0.15, 0.2) is 0 Å². The van der Waals surface area contributed by atoms with Gasteiger partial charge in [0.2, 0.25) is 0 Å². The Morgan fingerprint density at radius 1 is 1.21 bits per heavy atom. The summed E-state index contributed by atoms with van der Waals surface area (Å²) in [6.07, 6.45) is 0. The Hall–Kier alpha value is -2.04. The van der Waals surface area contributed by atoms with Crippen LogP contribution in [0, 0.1) is 19.8 Å². The smallest absolute Gasteiger partial charge is 0.326 e. The fourth-order valence-corrected chi connectivity index (χ4v) is 1.70. The van der Waals surface area contributed by atoms with E-state index in [9.17, 15) is 9.59 Å². The van der Waals surface area contributed by atoms with Crippen molar-refractivity contribution in [3.05, 3.63) is 29.3 Å². The molecule has 0 heterocycles. The maximum atomic E-state index is 11.8. The minimum Gasteiger partial charge on any atom is -0.480 e. The first kappa shape index (κ1) is 15.0. The van der Waals surface area contributed by atoms with Crippen LogP contribution in [0.3, 0.4) is 0 Å². The Morgan fingerprint density at radius 3 is 2.37 bits per heavy atom. The second-order valence-electron chi connectivity index (χ2n) is 4.91. The zero-order valence-corrected chi connectivity index (χ0v) is 11.7. The summed E-state index contributed by atoms with van der Waals surface area (Å²) in [7, 11) is 0. The van der Waals surface area contributed by atoms with E-state index in [-0.39, 0.29) is 5.92 Å². The maximum absolute atomic E-state index is 11.8. The Morgan fingerprint density at radius 2 is 1.84 bits per heavy atom. The van der Waals surface area contributed by atoms with Gasteiger partial charge in [0.25, 0.3) is 0 Å². The van der Waals surface area contributed by atoms with Crippen LogP contribution in [0.25, 0.3) is 0 Å². The first-order chi connectivity index (χ1) is 8.82. The summed E-state index contributed by atoms with van der Waals surface area (Å²) in [4.78, 5) is 22.8. The molecule has 5 nitrogen and oxygen atoms in total. The molecule has 1 aromatic carbocycles. The third-order valence-corrected chi connectivity index (χ3v) is 3.07. The molecule has 3 N–H and O–H groups in total. The predicted molar refractivity (Wildman–Crippen MR) is 74.3 cm³/mol. The molecule has 1 aromatic rings. The summed E-state index contributed by atoms with van der Waals surface area (Å²) in [5.74, 6) is -1.21. The molecule has 0 bridgehead atoms. The number of carbonyl (C=O) groups is 2. The first-order valence-electron chi connectivity index (χ1n) is 6.19. The van der Waals surface area contributed by atoms with Crippen molar-refractivity contribution < 1.29 is 14.7 Å². The van der Waals surface area contributed by atoms with Crippen LogP contribution in [-0.4, -0.2) is 23.1 Å². The summed E-state index contributed by atoms with van der Waals surface area (Å²) in [6, 6.07) is 4.18. The van der Waals surface area contributed by atoms with Crippen LogP contribution in [0.1, 0.15) is 25.0 Å². The highest BCUT2D eigenvalue weighted by Gasteiger charge is 2.23. The van der Waals surface area contributed by atoms with E-state index in [4.69, 9.17) is 5.11 Å². The minimum atomic E-state index is -1.04. The average molecular weight is 264 g/mol. The van der Waals surface area contributed by atoms with E-state index < -0.39 is 18.0 Å². The lowest BCUT2D eigenvalue weighted by Crippen LogP contribution is -2.46. The van der Waals surface area contributed by atoms with E-state index in [2.05, 4.69) is 10.6 Å². The van der Waals surface area contributed by atoms with Gasteiger partial charge in [0.1, 0.15) is 6.04 Å². The van der Waals surface area contributed by atoms with Crippen LogP contribution >= 0.6 is 0 Å². The number of carboxylic acids is 1. The number of hydrogen-bond acceptors (Lipinski definition) is 2. The second-order valence-corrected chi connectivity index (χ2v) is 4.91. The molecule has 0 fully saturated rings. The van der Waals surface area contributed by atoms with E-state index in [0.717, 1.165) is 11.1 Å². The van der Waals surface area contributed by atoms with Crippen LogP contribution in [0.2, 0.25) is 0 Å². The number of hydrogen-bond donors (Lipinski definition) is 3. The SMILES string of the molecule is Cc1cccc(NC(=O)N[C@H](C(=O)O)C(C)C)c1C. The molecule has 0 aliphatic carbocycles. The average Bonchev–Trinajstić information content (AvgIpc) is 2.31. The van der Waals surface area contributed by atoms with Crippen molar-refractivity contribution in [2.45, 2.75) is 33.7 Å². The fraction of sp³-hybridized carbons (Fsp3) is 0.429. The van der Waals surface area contributed by atoms with Crippen molar-refractivity contribution >= 4 is 17.7 Å². The van der Waals surface area contributed by atoms with Crippen LogP contribution in [-0.2, 0) is 4.79 Å². The monoisotopic (exact) mass is 264 g/mol. The van der Waals surface area contributed by atoms with Crippen LogP contribution in [0.5, 0.6) is 0 Å². The van der Waals surface area contributed by atoms with Crippen molar-refractivity contribution in [1.29, 1.82) is 0 Å². The van der Waals surface area contributed by atoms with Gasteiger partial charge in [-0.05, 0) is 37.0 Å². The van der Waals surface area contributed by atoms with Gasteiger partial charge in [0, 0.05) is 5.69 Å². The van der Waals surface area contributed by atoms with Gasteiger partial charge >= 0.3 is 12.0 Å². The normalized spacial score (nSPS) is 12.1. The molecular weight excluding hydrogens is 244 g/mol. The molecule has 2 amide bonds. The lowest BCUT2D eigenvalue weighted by molar-refractivity contribution is -0.140. The Labute approximate surface area is 113 Å². The van der Waals surface area contributed by atoms with Gasteiger partial charge in [0.05, 0.1) is 0 Å². The Balaban J connectivity index is 2.75. The summed E-state index contributed by atoms with van der Waals surface area (Å²) >= 11 is 0. The second kappa shape index (κ2) is 6.22. The zero-order valence-electron chi connectivity index (χ0n) is 11.7. The molecule has 0 saturated carbocycles. The van der Waals surface area contributed by atoms with E-state index in [1.807, 2.05) is 26.0 Å². The number of aryl methyl sites for hydroxylation is 1. The van der Waals surface area contributed by atoms with Crippen molar-refractivity contribution in [1.82, 2.24) is 5.32 Å². The molecule has 0 saturated heterocycles. The van der Waals surface area contributed by atoms with Gasteiger partial charge in [-0.25, -0.2) is 9.59 Å². The molecule has 0 unspecified atom stereocenters. The molecule has 0 spiro atoms. The molecular formula is C14H20N2O3. The van der Waals surface area contributed by atoms with Gasteiger partial charge < -0.3 is 15.7 Å². The number of carboxylic acid groups (broad SMARTS) is 1. The fourth-order valence-electron chi connectivity index (χ4n) is 1.70. The highest BCUT2D eigenvalue weighted by atomic mass is 16.4. The molecule has 104 valence electrons. The molecule has 0 aliphatic heterocycles. The molecule has 1 rings (SSSR count). The number of aliphatic carboxylic acids is 1. The third kappa shape index (κ3) is 3.98. The van der Waals surface area contributed by atoms with Crippen molar-refractivity contribution in [3.63, 3.8) is 0 Å². The zero-order chi connectivity index (χ0) is 14.6. The maximum Gasteiger partial charge on any atom is 0.326 e. The quantitative estimate of drug-likeness (QED) is 0.782. The molecule has 1 atom stereocenters. The van der Waals surface area contributed by atoms with Crippen LogP contribution < -0.4 is 10.6 Å². The number of rotatable bonds is 4. The van der Waals surface area contributed by atoms with E-state index in [1.165, 1.54) is 0 Å².